The van der Waals surface area contributed by atoms with Crippen LogP contribution in [0, 0.1) is 18.3 Å². The predicted molar refractivity (Wildman–Crippen MR) is 129 cm³/mol. The van der Waals surface area contributed by atoms with Gasteiger partial charge in [-0.25, -0.2) is 4.79 Å². The van der Waals surface area contributed by atoms with E-state index in [-0.39, 0.29) is 24.9 Å². The lowest BCUT2D eigenvalue weighted by Gasteiger charge is -2.22. The first-order valence-electron chi connectivity index (χ1n) is 11.5. The molecule has 0 spiro atoms. The molecular formula is C26H27N3O5S. The third-order valence-corrected chi connectivity index (χ3v) is 7.20. The van der Waals surface area contributed by atoms with E-state index in [1.807, 2.05) is 31.2 Å². The number of thiophene rings is 1. The molecule has 4 rings (SSSR count). The van der Waals surface area contributed by atoms with Crippen molar-refractivity contribution >= 4 is 23.2 Å². The molecule has 1 aliphatic rings. The van der Waals surface area contributed by atoms with Crippen molar-refractivity contribution in [2.75, 3.05) is 7.11 Å². The maximum atomic E-state index is 12.7. The quantitative estimate of drug-likeness (QED) is 0.468. The monoisotopic (exact) mass is 493 g/mol. The van der Waals surface area contributed by atoms with E-state index in [0.717, 1.165) is 32.3 Å². The number of Topliss-reactive ketones (excluding diaryl/α,β-unsaturated/α-hetero) is 1. The van der Waals surface area contributed by atoms with Gasteiger partial charge in [0, 0.05) is 35.1 Å². The number of fused-ring (bicyclic) bond motifs is 1. The van der Waals surface area contributed by atoms with Crippen molar-refractivity contribution in [3.05, 3.63) is 68.2 Å². The summed E-state index contributed by atoms with van der Waals surface area (Å²) < 4.78 is 15.9. The highest BCUT2D eigenvalue weighted by Crippen LogP contribution is 2.35. The van der Waals surface area contributed by atoms with Crippen molar-refractivity contribution in [1.29, 1.82) is 5.26 Å². The number of nitriles is 1. The third-order valence-electron chi connectivity index (χ3n) is 5.95. The maximum Gasteiger partial charge on any atom is 0.407 e. The summed E-state index contributed by atoms with van der Waals surface area (Å²) in [5.41, 5.74) is 3.39. The highest BCUT2D eigenvalue weighted by Gasteiger charge is 2.28. The molecule has 8 nitrogen and oxygen atoms in total. The molecule has 0 bridgehead atoms. The summed E-state index contributed by atoms with van der Waals surface area (Å²) in [6.45, 7) is 2.02. The van der Waals surface area contributed by atoms with Crippen LogP contribution in [-0.2, 0) is 41.8 Å². The lowest BCUT2D eigenvalue weighted by molar-refractivity contribution is -0.118. The van der Waals surface area contributed by atoms with Gasteiger partial charge in [-0.3, -0.25) is 4.79 Å². The minimum atomic E-state index is -0.516. The maximum absolute atomic E-state index is 12.7. The Labute approximate surface area is 207 Å². The molecule has 0 radical (unpaired) electrons. The van der Waals surface area contributed by atoms with Crippen LogP contribution in [-0.4, -0.2) is 30.2 Å². The Bertz CT molecular complexity index is 1260. The van der Waals surface area contributed by atoms with Crippen LogP contribution in [0.1, 0.15) is 50.7 Å². The number of methoxy groups -OCH3 is 1. The molecule has 2 heterocycles. The normalized spacial score (nSPS) is 14.6. The van der Waals surface area contributed by atoms with E-state index in [1.165, 1.54) is 11.3 Å². The number of ketones is 1. The smallest absolute Gasteiger partial charge is 0.407 e. The predicted octanol–water partition coefficient (Wildman–Crippen LogP) is 4.45. The van der Waals surface area contributed by atoms with Gasteiger partial charge in [0.25, 0.3) is 0 Å². The number of hydrogen-bond donors (Lipinski definition) is 1. The molecule has 0 saturated heterocycles. The number of aromatic nitrogens is 1. The number of nitrogens with one attached hydrogen (secondary N) is 1. The number of aryl methyl sites for hydroxylation is 2. The number of nitrogens with zero attached hydrogens (tertiary/aromatic N) is 2. The van der Waals surface area contributed by atoms with Crippen LogP contribution >= 0.6 is 11.3 Å². The number of carbonyl (C=O) groups is 2. The van der Waals surface area contributed by atoms with Crippen molar-refractivity contribution in [3.63, 3.8) is 0 Å². The molecule has 1 atom stereocenters. The second kappa shape index (κ2) is 11.2. The van der Waals surface area contributed by atoms with Gasteiger partial charge in [0.15, 0.2) is 5.76 Å². The number of carbonyl (C=O) groups excluding carboxylic acids is 2. The average Bonchev–Trinajstić information content (AvgIpc) is 3.43. The lowest BCUT2D eigenvalue weighted by Crippen LogP contribution is -2.31. The van der Waals surface area contributed by atoms with Crippen molar-refractivity contribution < 1.29 is 23.6 Å². The zero-order valence-electron chi connectivity index (χ0n) is 19.8. The van der Waals surface area contributed by atoms with Gasteiger partial charge in [0.1, 0.15) is 23.7 Å². The first-order valence-corrected chi connectivity index (χ1v) is 12.3. The summed E-state index contributed by atoms with van der Waals surface area (Å²) in [5, 5.41) is 16.2. The van der Waals surface area contributed by atoms with Crippen molar-refractivity contribution in [2.45, 2.75) is 58.1 Å². The van der Waals surface area contributed by atoms with Crippen LogP contribution in [0.3, 0.4) is 0 Å². The van der Waals surface area contributed by atoms with Gasteiger partial charge in [0.05, 0.1) is 24.9 Å². The summed E-state index contributed by atoms with van der Waals surface area (Å²) >= 11 is 1.49. The summed E-state index contributed by atoms with van der Waals surface area (Å²) in [4.78, 5) is 26.7. The summed E-state index contributed by atoms with van der Waals surface area (Å²) in [7, 11) is 1.62. The Morgan fingerprint density at radius 2 is 2.20 bits per heavy atom. The Morgan fingerprint density at radius 3 is 2.94 bits per heavy atom. The van der Waals surface area contributed by atoms with E-state index >= 15 is 0 Å². The van der Waals surface area contributed by atoms with Crippen molar-refractivity contribution in [3.8, 4) is 11.8 Å². The second-order valence-corrected chi connectivity index (χ2v) is 9.73. The summed E-state index contributed by atoms with van der Waals surface area (Å²) in [5.74, 6) is 1.42. The second-order valence-electron chi connectivity index (χ2n) is 8.54. The van der Waals surface area contributed by atoms with Gasteiger partial charge in [-0.1, -0.05) is 17.3 Å². The van der Waals surface area contributed by atoms with E-state index in [2.05, 4.69) is 16.5 Å². The Kier molecular flexibility index (Phi) is 7.83. The minimum Gasteiger partial charge on any atom is -0.497 e. The largest absolute Gasteiger partial charge is 0.497 e. The molecule has 182 valence electrons. The fourth-order valence-corrected chi connectivity index (χ4v) is 5.60. The Balaban J connectivity index is 1.32. The molecule has 0 aliphatic heterocycles. The number of alkyl carbamates (subject to hydrolysis) is 1. The molecular weight excluding hydrogens is 466 g/mol. The Hall–Kier alpha value is -3.64. The number of rotatable bonds is 9. The Morgan fingerprint density at radius 1 is 1.34 bits per heavy atom. The van der Waals surface area contributed by atoms with Crippen LogP contribution in [0.25, 0.3) is 0 Å². The van der Waals surface area contributed by atoms with Crippen LogP contribution < -0.4 is 10.1 Å². The van der Waals surface area contributed by atoms with Gasteiger partial charge >= 0.3 is 6.09 Å². The average molecular weight is 494 g/mol. The van der Waals surface area contributed by atoms with Crippen molar-refractivity contribution in [2.24, 2.45) is 0 Å². The van der Waals surface area contributed by atoms with Crippen LogP contribution in [0.2, 0.25) is 0 Å². The molecule has 35 heavy (non-hydrogen) atoms. The molecule has 1 amide bonds. The minimum absolute atomic E-state index is 0.0951. The van der Waals surface area contributed by atoms with Gasteiger partial charge in [-0.05, 0) is 49.4 Å². The van der Waals surface area contributed by atoms with E-state index in [1.54, 1.807) is 13.2 Å². The van der Waals surface area contributed by atoms with Gasteiger partial charge < -0.3 is 19.3 Å². The number of ether oxygens (including phenoxy) is 2. The zero-order chi connectivity index (χ0) is 24.8. The number of amides is 1. The topological polar surface area (TPSA) is 114 Å². The highest BCUT2D eigenvalue weighted by atomic mass is 32.1. The first-order chi connectivity index (χ1) is 16.9. The molecule has 3 aromatic rings. The van der Waals surface area contributed by atoms with Crippen LogP contribution in [0.4, 0.5) is 4.79 Å². The third kappa shape index (κ3) is 6.28. The molecule has 2 aromatic heterocycles. The van der Waals surface area contributed by atoms with Crippen molar-refractivity contribution in [1.82, 2.24) is 10.5 Å². The van der Waals surface area contributed by atoms with E-state index < -0.39 is 6.09 Å². The number of hydrogen-bond acceptors (Lipinski definition) is 8. The summed E-state index contributed by atoms with van der Waals surface area (Å²) in [6, 6.07) is 11.7. The highest BCUT2D eigenvalue weighted by molar-refractivity contribution is 7.12. The van der Waals surface area contributed by atoms with Crippen LogP contribution in [0.5, 0.6) is 5.75 Å². The fourth-order valence-electron chi connectivity index (χ4n) is 4.20. The first kappa shape index (κ1) is 24.5. The standard InChI is InChI=1S/C26H27N3O5S/c1-16-10-21(34-29-16)15-28-26(31)33-20-8-9-22-23(14-27)24(35-25(22)13-20)12-18(30)7-6-17-4-3-5-19(11-17)32-2/h3-5,10-11,20H,6-9,12-13,15H2,1-2H3,(H,28,31). The fraction of sp³-hybridized carbons (Fsp3) is 0.385. The molecule has 9 heteroatoms. The van der Waals surface area contributed by atoms with E-state index in [9.17, 15) is 14.9 Å². The molecule has 0 fully saturated rings. The van der Waals surface area contributed by atoms with Gasteiger partial charge in [0.2, 0.25) is 0 Å². The molecule has 1 N–H and O–H groups in total. The van der Waals surface area contributed by atoms with E-state index in [4.69, 9.17) is 14.0 Å². The van der Waals surface area contributed by atoms with Gasteiger partial charge in [-0.15, -0.1) is 11.3 Å². The number of benzene rings is 1. The lowest BCUT2D eigenvalue weighted by atomic mass is 9.92. The van der Waals surface area contributed by atoms with E-state index in [0.29, 0.717) is 43.4 Å². The van der Waals surface area contributed by atoms with Gasteiger partial charge in [-0.2, -0.15) is 5.26 Å². The SMILES string of the molecule is COc1cccc(CCC(=O)Cc2sc3c(c2C#N)CCC(OC(=O)NCc2cc(C)no2)C3)c1. The van der Waals surface area contributed by atoms with Crippen LogP contribution in [0.15, 0.2) is 34.9 Å². The molecule has 1 aromatic carbocycles. The summed E-state index contributed by atoms with van der Waals surface area (Å²) in [6.07, 6.45) is 2.30. The zero-order valence-corrected chi connectivity index (χ0v) is 20.6. The molecule has 1 aliphatic carbocycles. The molecule has 1 unspecified atom stereocenters. The molecule has 0 saturated carbocycles.